The molecule has 1 aliphatic rings. The smallest absolute Gasteiger partial charge is 0.132 e. The minimum absolute atomic E-state index is 0.154. The molecule has 1 saturated heterocycles. The molecule has 0 amide bonds. The second-order valence-corrected chi connectivity index (χ2v) is 7.01. The molecule has 0 spiro atoms. The Kier molecular flexibility index (Phi) is 9.18. The number of carbonyl (C=O) groups is 1. The molecule has 0 radical (unpaired) electrons. The van der Waals surface area contributed by atoms with Gasteiger partial charge in [-0.1, -0.05) is 45.4 Å². The van der Waals surface area contributed by atoms with Gasteiger partial charge in [-0.25, -0.2) is 0 Å². The van der Waals surface area contributed by atoms with Crippen molar-refractivity contribution >= 4 is 5.78 Å². The summed E-state index contributed by atoms with van der Waals surface area (Å²) in [5.41, 5.74) is 0. The summed E-state index contributed by atoms with van der Waals surface area (Å²) in [6.07, 6.45) is 11.9. The predicted molar refractivity (Wildman–Crippen MR) is 88.4 cm³/mol. The normalized spacial score (nSPS) is 27.5. The van der Waals surface area contributed by atoms with Crippen LogP contribution in [0.2, 0.25) is 0 Å². The third-order valence-corrected chi connectivity index (χ3v) is 5.02. The maximum Gasteiger partial charge on any atom is 0.132 e. The van der Waals surface area contributed by atoms with Gasteiger partial charge in [-0.3, -0.25) is 4.79 Å². The predicted octanol–water partition coefficient (Wildman–Crippen LogP) is 3.83. The van der Waals surface area contributed by atoms with Gasteiger partial charge in [0.25, 0.3) is 0 Å². The van der Waals surface area contributed by atoms with Crippen molar-refractivity contribution in [3.63, 3.8) is 0 Å². The zero-order valence-electron chi connectivity index (χ0n) is 14.2. The zero-order chi connectivity index (χ0) is 15.7. The highest BCUT2D eigenvalue weighted by molar-refractivity contribution is 5.77. The van der Waals surface area contributed by atoms with Gasteiger partial charge >= 0.3 is 0 Å². The van der Waals surface area contributed by atoms with Gasteiger partial charge in [0.2, 0.25) is 0 Å². The zero-order valence-corrected chi connectivity index (χ0v) is 14.2. The summed E-state index contributed by atoms with van der Waals surface area (Å²) in [6.45, 7) is 5.82. The molecule has 4 atom stereocenters. The van der Waals surface area contributed by atoms with Crippen molar-refractivity contribution < 1.29 is 9.90 Å². The minimum atomic E-state index is -0.154. The molecular weight excluding hydrogens is 262 g/mol. The molecule has 124 valence electrons. The Morgan fingerprint density at radius 1 is 1.14 bits per heavy atom. The quantitative estimate of drug-likeness (QED) is 0.602. The van der Waals surface area contributed by atoms with Gasteiger partial charge in [0.15, 0.2) is 0 Å². The topological polar surface area (TPSA) is 49.3 Å². The lowest BCUT2D eigenvalue weighted by Gasteiger charge is -2.32. The first-order valence-corrected chi connectivity index (χ1v) is 8.95. The lowest BCUT2D eigenvalue weighted by atomic mass is 9.93. The summed E-state index contributed by atoms with van der Waals surface area (Å²) in [5, 5.41) is 13.2. The fourth-order valence-electron chi connectivity index (χ4n) is 3.17. The third kappa shape index (κ3) is 7.96. The number of hydrogen-bond acceptors (Lipinski definition) is 3. The third-order valence-electron chi connectivity index (χ3n) is 5.02. The van der Waals surface area contributed by atoms with Gasteiger partial charge in [-0.05, 0) is 39.5 Å². The molecule has 0 aromatic carbocycles. The van der Waals surface area contributed by atoms with Crippen molar-refractivity contribution in [2.24, 2.45) is 5.92 Å². The molecule has 21 heavy (non-hydrogen) atoms. The summed E-state index contributed by atoms with van der Waals surface area (Å²) in [5.74, 6) is 0.578. The molecule has 3 nitrogen and oxygen atoms in total. The van der Waals surface area contributed by atoms with Gasteiger partial charge in [0.1, 0.15) is 5.78 Å². The first-order valence-electron chi connectivity index (χ1n) is 8.95. The van der Waals surface area contributed by atoms with Crippen LogP contribution in [0, 0.1) is 5.92 Å². The number of carbonyl (C=O) groups excluding carboxylic acids is 1. The number of rotatable bonds is 10. The van der Waals surface area contributed by atoms with E-state index in [-0.39, 0.29) is 18.1 Å². The van der Waals surface area contributed by atoms with Crippen molar-refractivity contribution in [2.45, 2.75) is 103 Å². The number of unbranched alkanes of at least 4 members (excludes halogenated alkanes) is 5. The fraction of sp³-hybridized carbons (Fsp3) is 0.944. The number of nitrogens with one attached hydrogen (secondary N) is 1. The van der Waals surface area contributed by atoms with Crippen LogP contribution in [0.4, 0.5) is 0 Å². The number of ketones is 1. The Bertz CT molecular complexity index is 293. The first kappa shape index (κ1) is 18.6. The lowest BCUT2D eigenvalue weighted by molar-refractivity contribution is -0.120. The van der Waals surface area contributed by atoms with Crippen molar-refractivity contribution in [3.05, 3.63) is 0 Å². The van der Waals surface area contributed by atoms with Crippen LogP contribution in [-0.4, -0.2) is 29.1 Å². The van der Waals surface area contributed by atoms with Gasteiger partial charge in [0, 0.05) is 18.0 Å². The molecule has 1 fully saturated rings. The molecule has 0 aromatic heterocycles. The van der Waals surface area contributed by atoms with Gasteiger partial charge in [0.05, 0.1) is 6.10 Å². The SMILES string of the molecule is CC(=O)[C@@H](C)CCCCCCCC[C@@H]1CC[C@H](O)[C@H](C)N1. The van der Waals surface area contributed by atoms with Crippen molar-refractivity contribution in [2.75, 3.05) is 0 Å². The Morgan fingerprint density at radius 3 is 2.38 bits per heavy atom. The first-order chi connectivity index (χ1) is 10.0. The van der Waals surface area contributed by atoms with Crippen LogP contribution < -0.4 is 5.32 Å². The van der Waals surface area contributed by atoms with Crippen molar-refractivity contribution in [1.29, 1.82) is 0 Å². The number of aliphatic hydroxyl groups excluding tert-OH is 1. The Balaban J connectivity index is 1.90. The molecule has 1 rings (SSSR count). The maximum absolute atomic E-state index is 11.1. The summed E-state index contributed by atoms with van der Waals surface area (Å²) in [6, 6.07) is 0.867. The number of piperidine rings is 1. The molecule has 0 saturated carbocycles. The standard InChI is InChI=1S/C18H35NO2/c1-14(16(3)20)10-8-6-4-5-7-9-11-17-12-13-18(21)15(2)19-17/h14-15,17-19,21H,4-13H2,1-3H3/t14-,15-,17+,18-/m0/s1. The van der Waals surface area contributed by atoms with E-state index < -0.39 is 0 Å². The van der Waals surface area contributed by atoms with E-state index >= 15 is 0 Å². The van der Waals surface area contributed by atoms with Crippen LogP contribution in [0.5, 0.6) is 0 Å². The van der Waals surface area contributed by atoms with E-state index in [0.717, 1.165) is 19.3 Å². The molecule has 0 aliphatic carbocycles. The second kappa shape index (κ2) is 10.3. The van der Waals surface area contributed by atoms with Crippen LogP contribution in [0.25, 0.3) is 0 Å². The van der Waals surface area contributed by atoms with E-state index in [4.69, 9.17) is 0 Å². The molecule has 3 heteroatoms. The van der Waals surface area contributed by atoms with Crippen LogP contribution >= 0.6 is 0 Å². The van der Waals surface area contributed by atoms with E-state index in [1.54, 1.807) is 6.92 Å². The maximum atomic E-state index is 11.1. The molecule has 1 heterocycles. The average molecular weight is 297 g/mol. The number of Topliss-reactive ketones (excluding diaryl/α,β-unsaturated/α-hetero) is 1. The molecule has 0 unspecified atom stereocenters. The van der Waals surface area contributed by atoms with E-state index in [0.29, 0.717) is 11.8 Å². The van der Waals surface area contributed by atoms with Crippen LogP contribution in [0.15, 0.2) is 0 Å². The minimum Gasteiger partial charge on any atom is -0.392 e. The van der Waals surface area contributed by atoms with Crippen LogP contribution in [-0.2, 0) is 4.79 Å². The second-order valence-electron chi connectivity index (χ2n) is 7.01. The largest absolute Gasteiger partial charge is 0.392 e. The highest BCUT2D eigenvalue weighted by Crippen LogP contribution is 2.19. The highest BCUT2D eigenvalue weighted by atomic mass is 16.3. The lowest BCUT2D eigenvalue weighted by Crippen LogP contribution is -2.48. The Morgan fingerprint density at radius 2 is 1.76 bits per heavy atom. The Hall–Kier alpha value is -0.410. The molecule has 2 N–H and O–H groups in total. The van der Waals surface area contributed by atoms with Gasteiger partial charge in [-0.2, -0.15) is 0 Å². The fourth-order valence-corrected chi connectivity index (χ4v) is 3.17. The summed E-state index contributed by atoms with van der Waals surface area (Å²) >= 11 is 0. The van der Waals surface area contributed by atoms with Crippen molar-refractivity contribution in [3.8, 4) is 0 Å². The van der Waals surface area contributed by atoms with Crippen LogP contribution in [0.1, 0.15) is 85.0 Å². The monoisotopic (exact) mass is 297 g/mol. The van der Waals surface area contributed by atoms with E-state index in [2.05, 4.69) is 12.2 Å². The van der Waals surface area contributed by atoms with Gasteiger partial charge in [-0.15, -0.1) is 0 Å². The molecule has 0 aromatic rings. The molecule has 0 bridgehead atoms. The van der Waals surface area contributed by atoms with E-state index in [1.165, 1.54) is 44.9 Å². The number of hydrogen-bond donors (Lipinski definition) is 2. The average Bonchev–Trinajstić information content (AvgIpc) is 2.45. The Labute approximate surface area is 130 Å². The van der Waals surface area contributed by atoms with Crippen LogP contribution in [0.3, 0.4) is 0 Å². The summed E-state index contributed by atoms with van der Waals surface area (Å²) in [7, 11) is 0. The van der Waals surface area contributed by atoms with E-state index in [9.17, 15) is 9.90 Å². The number of aliphatic hydroxyl groups is 1. The van der Waals surface area contributed by atoms with E-state index in [1.807, 2.05) is 6.92 Å². The summed E-state index contributed by atoms with van der Waals surface area (Å²) in [4.78, 5) is 11.1. The van der Waals surface area contributed by atoms with Crippen molar-refractivity contribution in [1.82, 2.24) is 5.32 Å². The molecule has 1 aliphatic heterocycles. The van der Waals surface area contributed by atoms with Gasteiger partial charge < -0.3 is 10.4 Å². The molecular formula is C18H35NO2. The summed E-state index contributed by atoms with van der Waals surface area (Å²) < 4.78 is 0. The highest BCUT2D eigenvalue weighted by Gasteiger charge is 2.24.